The van der Waals surface area contributed by atoms with E-state index in [-0.39, 0.29) is 5.91 Å². The highest BCUT2D eigenvalue weighted by Gasteiger charge is 2.20. The zero-order chi connectivity index (χ0) is 19.6. The molecule has 142 valence electrons. The Morgan fingerprint density at radius 1 is 1.19 bits per heavy atom. The highest BCUT2D eigenvalue weighted by molar-refractivity contribution is 14.1. The van der Waals surface area contributed by atoms with E-state index < -0.39 is 0 Å². The number of benzene rings is 2. The van der Waals surface area contributed by atoms with Gasteiger partial charge in [-0.1, -0.05) is 12.1 Å². The highest BCUT2D eigenvalue weighted by Crippen LogP contribution is 2.32. The first-order chi connectivity index (χ1) is 13.0. The van der Waals surface area contributed by atoms with Gasteiger partial charge in [0.05, 0.1) is 37.4 Å². The van der Waals surface area contributed by atoms with Crippen molar-refractivity contribution < 1.29 is 14.3 Å². The second-order valence-electron chi connectivity index (χ2n) is 6.11. The van der Waals surface area contributed by atoms with Crippen molar-refractivity contribution in [2.75, 3.05) is 21.3 Å². The Bertz CT molecular complexity index is 984. The summed E-state index contributed by atoms with van der Waals surface area (Å²) in [7, 11) is 4.93. The first-order valence-corrected chi connectivity index (χ1v) is 9.69. The Morgan fingerprint density at radius 2 is 1.85 bits per heavy atom. The second-order valence-corrected chi connectivity index (χ2v) is 7.27. The minimum atomic E-state index is -0.0879. The van der Waals surface area contributed by atoms with Crippen LogP contribution < -0.4 is 9.47 Å². The van der Waals surface area contributed by atoms with Gasteiger partial charge >= 0.3 is 0 Å². The van der Waals surface area contributed by atoms with Gasteiger partial charge in [-0.25, -0.2) is 4.98 Å². The number of fused-ring (bicyclic) bond motifs is 1. The summed E-state index contributed by atoms with van der Waals surface area (Å²) in [5.41, 5.74) is 2.60. The summed E-state index contributed by atoms with van der Waals surface area (Å²) in [5, 5.41) is 0. The number of nitrogens with zero attached hydrogens (tertiary/aromatic N) is 3. The number of para-hydroxylation sites is 2. The molecule has 0 spiro atoms. The Kier molecular flexibility index (Phi) is 5.88. The van der Waals surface area contributed by atoms with Crippen molar-refractivity contribution in [1.29, 1.82) is 0 Å². The van der Waals surface area contributed by atoms with Crippen molar-refractivity contribution in [2.24, 2.45) is 0 Å². The van der Waals surface area contributed by atoms with Gasteiger partial charge < -0.3 is 18.9 Å². The SMILES string of the molecule is CCn1c(CN(C)C(=O)c2cc(OC)c(OC)cc2I)nc2ccccc21. The molecule has 6 nitrogen and oxygen atoms in total. The number of aromatic nitrogens is 2. The molecule has 1 aromatic heterocycles. The largest absolute Gasteiger partial charge is 0.493 e. The van der Waals surface area contributed by atoms with E-state index in [2.05, 4.69) is 40.1 Å². The summed E-state index contributed by atoms with van der Waals surface area (Å²) in [6.07, 6.45) is 0. The van der Waals surface area contributed by atoms with E-state index in [1.165, 1.54) is 0 Å². The molecule has 3 rings (SSSR count). The molecule has 0 N–H and O–H groups in total. The molecular weight excluding hydrogens is 457 g/mol. The molecule has 1 amide bonds. The normalized spacial score (nSPS) is 10.9. The standard InChI is InChI=1S/C20H22IN3O3/c1-5-24-16-9-7-6-8-15(16)22-19(24)12-23(2)20(25)13-10-17(26-3)18(27-4)11-14(13)21/h6-11H,5,12H2,1-4H3. The quantitative estimate of drug-likeness (QED) is 0.503. The van der Waals surface area contributed by atoms with Gasteiger partial charge in [-0.3, -0.25) is 4.79 Å². The number of imidazole rings is 1. The number of methoxy groups -OCH3 is 2. The van der Waals surface area contributed by atoms with Gasteiger partial charge in [0, 0.05) is 17.2 Å². The van der Waals surface area contributed by atoms with Crippen molar-refractivity contribution in [1.82, 2.24) is 14.5 Å². The zero-order valence-electron chi connectivity index (χ0n) is 15.8. The number of hydrogen-bond donors (Lipinski definition) is 0. The summed E-state index contributed by atoms with van der Waals surface area (Å²) >= 11 is 2.14. The van der Waals surface area contributed by atoms with Crippen LogP contribution in [-0.4, -0.2) is 41.6 Å². The Labute approximate surface area is 172 Å². The monoisotopic (exact) mass is 479 g/mol. The summed E-state index contributed by atoms with van der Waals surface area (Å²) in [5.74, 6) is 1.92. The van der Waals surface area contributed by atoms with Gasteiger partial charge in [-0.15, -0.1) is 0 Å². The zero-order valence-corrected chi connectivity index (χ0v) is 18.0. The van der Waals surface area contributed by atoms with Crippen LogP contribution in [0.2, 0.25) is 0 Å². The molecule has 1 heterocycles. The van der Waals surface area contributed by atoms with E-state index in [9.17, 15) is 4.79 Å². The van der Waals surface area contributed by atoms with Crippen molar-refractivity contribution in [2.45, 2.75) is 20.0 Å². The molecule has 0 aliphatic rings. The van der Waals surface area contributed by atoms with Crippen molar-refractivity contribution in [3.8, 4) is 11.5 Å². The molecule has 0 aliphatic carbocycles. The van der Waals surface area contributed by atoms with Crippen LogP contribution in [0.15, 0.2) is 36.4 Å². The van der Waals surface area contributed by atoms with Crippen LogP contribution in [0.25, 0.3) is 11.0 Å². The van der Waals surface area contributed by atoms with Crippen molar-refractivity contribution in [3.63, 3.8) is 0 Å². The lowest BCUT2D eigenvalue weighted by atomic mass is 10.1. The molecule has 0 radical (unpaired) electrons. The average molecular weight is 479 g/mol. The van der Waals surface area contributed by atoms with E-state index in [0.29, 0.717) is 23.6 Å². The summed E-state index contributed by atoms with van der Waals surface area (Å²) in [6, 6.07) is 11.5. The third-order valence-corrected chi connectivity index (χ3v) is 5.37. The minimum absolute atomic E-state index is 0.0879. The number of halogens is 1. The lowest BCUT2D eigenvalue weighted by Gasteiger charge is -2.19. The maximum Gasteiger partial charge on any atom is 0.255 e. The van der Waals surface area contributed by atoms with Crippen molar-refractivity contribution in [3.05, 3.63) is 51.4 Å². The topological polar surface area (TPSA) is 56.6 Å². The average Bonchev–Trinajstić information content (AvgIpc) is 3.03. The van der Waals surface area contributed by atoms with Crippen molar-refractivity contribution >= 4 is 39.5 Å². The molecule has 27 heavy (non-hydrogen) atoms. The van der Waals surface area contributed by atoms with Crippen LogP contribution >= 0.6 is 22.6 Å². The van der Waals surface area contributed by atoms with Gasteiger partial charge in [0.25, 0.3) is 5.91 Å². The Hall–Kier alpha value is -2.29. The van der Waals surface area contributed by atoms with E-state index >= 15 is 0 Å². The molecule has 0 saturated carbocycles. The summed E-state index contributed by atoms with van der Waals surface area (Å²) in [4.78, 5) is 19.4. The number of carbonyl (C=O) groups is 1. The minimum Gasteiger partial charge on any atom is -0.493 e. The van der Waals surface area contributed by atoms with E-state index in [4.69, 9.17) is 14.5 Å². The Morgan fingerprint density at radius 3 is 2.52 bits per heavy atom. The molecular formula is C20H22IN3O3. The molecule has 0 atom stereocenters. The number of carbonyl (C=O) groups excluding carboxylic acids is 1. The molecule has 0 saturated heterocycles. The fourth-order valence-corrected chi connectivity index (χ4v) is 3.78. The third kappa shape index (κ3) is 3.73. The fraction of sp³-hybridized carbons (Fsp3) is 0.300. The lowest BCUT2D eigenvalue weighted by molar-refractivity contribution is 0.0779. The van der Waals surface area contributed by atoms with Gasteiger partial charge in [0.1, 0.15) is 5.82 Å². The third-order valence-electron chi connectivity index (χ3n) is 4.48. The number of amides is 1. The van der Waals surface area contributed by atoms with Gasteiger partial charge in [0.15, 0.2) is 11.5 Å². The smallest absolute Gasteiger partial charge is 0.255 e. The van der Waals surface area contributed by atoms with E-state index in [0.717, 1.165) is 27.0 Å². The van der Waals surface area contributed by atoms with Crippen LogP contribution in [0.1, 0.15) is 23.1 Å². The fourth-order valence-electron chi connectivity index (χ4n) is 3.11. The lowest BCUT2D eigenvalue weighted by Crippen LogP contribution is -2.28. The van der Waals surface area contributed by atoms with Gasteiger partial charge in [-0.05, 0) is 53.8 Å². The molecule has 0 aliphatic heterocycles. The molecule has 0 fully saturated rings. The highest BCUT2D eigenvalue weighted by atomic mass is 127. The van der Waals surface area contributed by atoms with Gasteiger partial charge in [-0.2, -0.15) is 0 Å². The van der Waals surface area contributed by atoms with Crippen LogP contribution in [0.4, 0.5) is 0 Å². The summed E-state index contributed by atoms with van der Waals surface area (Å²) in [6.45, 7) is 3.30. The Balaban J connectivity index is 1.91. The maximum absolute atomic E-state index is 13.0. The van der Waals surface area contributed by atoms with Crippen LogP contribution in [-0.2, 0) is 13.1 Å². The number of hydrogen-bond acceptors (Lipinski definition) is 4. The van der Waals surface area contributed by atoms with Crippen LogP contribution in [0.5, 0.6) is 11.5 Å². The molecule has 3 aromatic rings. The number of ether oxygens (including phenoxy) is 2. The predicted octanol–water partition coefficient (Wildman–Crippen LogP) is 3.95. The molecule has 7 heteroatoms. The first kappa shape index (κ1) is 19.5. The maximum atomic E-state index is 13.0. The predicted molar refractivity (Wildman–Crippen MR) is 113 cm³/mol. The number of rotatable bonds is 6. The molecule has 2 aromatic carbocycles. The molecule has 0 bridgehead atoms. The molecule has 0 unspecified atom stereocenters. The second kappa shape index (κ2) is 8.16. The van der Waals surface area contributed by atoms with Crippen LogP contribution in [0, 0.1) is 3.57 Å². The van der Waals surface area contributed by atoms with E-state index in [1.54, 1.807) is 32.2 Å². The van der Waals surface area contributed by atoms with E-state index in [1.807, 2.05) is 24.3 Å². The van der Waals surface area contributed by atoms with Crippen LogP contribution in [0.3, 0.4) is 0 Å². The number of aryl methyl sites for hydroxylation is 1. The first-order valence-electron chi connectivity index (χ1n) is 8.61. The van der Waals surface area contributed by atoms with Gasteiger partial charge in [0.2, 0.25) is 0 Å². The summed E-state index contributed by atoms with van der Waals surface area (Å²) < 4.78 is 13.6.